The molecule has 1 aromatic heterocycles. The van der Waals surface area contributed by atoms with Gasteiger partial charge in [0.05, 0.1) is 0 Å². The highest BCUT2D eigenvalue weighted by Crippen LogP contribution is 2.28. The van der Waals surface area contributed by atoms with Gasteiger partial charge in [-0.15, -0.1) is 11.3 Å². The zero-order chi connectivity index (χ0) is 20.3. The molecule has 2 aliphatic heterocycles. The number of nitrogens with one attached hydrogen (secondary N) is 1. The van der Waals surface area contributed by atoms with Gasteiger partial charge in [0, 0.05) is 49.1 Å². The largest absolute Gasteiger partial charge is 0.372 e. The summed E-state index contributed by atoms with van der Waals surface area (Å²) in [6.07, 6.45) is 3.71. The number of piperidine rings is 1. The van der Waals surface area contributed by atoms with Crippen LogP contribution in [0.15, 0.2) is 40.6 Å². The van der Waals surface area contributed by atoms with Crippen LogP contribution in [0, 0.1) is 0 Å². The van der Waals surface area contributed by atoms with E-state index in [0.29, 0.717) is 18.8 Å². The maximum atomic E-state index is 13.0. The first-order chi connectivity index (χ1) is 14.1. The number of hydrogen-bond donors (Lipinski definition) is 1. The first-order valence-corrected chi connectivity index (χ1v) is 13.3. The van der Waals surface area contributed by atoms with E-state index in [1.807, 2.05) is 24.3 Å². The third kappa shape index (κ3) is 4.63. The molecule has 2 aromatic rings. The first-order valence-electron chi connectivity index (χ1n) is 9.87. The molecule has 0 spiro atoms. The maximum Gasteiger partial charge on any atom is 0.267 e. The number of benzene rings is 1. The van der Waals surface area contributed by atoms with Crippen LogP contribution < -0.4 is 10.2 Å². The summed E-state index contributed by atoms with van der Waals surface area (Å²) in [5.74, 6) is 1.19. The van der Waals surface area contributed by atoms with Crippen molar-refractivity contribution in [2.45, 2.75) is 24.2 Å². The molecule has 0 atom stereocenters. The van der Waals surface area contributed by atoms with Gasteiger partial charge in [0.15, 0.2) is 0 Å². The molecule has 0 saturated carbocycles. The number of carbonyl (C=O) groups is 1. The lowest BCUT2D eigenvalue weighted by Crippen LogP contribution is -2.38. The van der Waals surface area contributed by atoms with Crippen LogP contribution in [0.5, 0.6) is 0 Å². The van der Waals surface area contributed by atoms with Crippen LogP contribution in [0.25, 0.3) is 0 Å². The van der Waals surface area contributed by atoms with Crippen LogP contribution in [0.3, 0.4) is 0 Å². The van der Waals surface area contributed by atoms with Gasteiger partial charge in [0.25, 0.3) is 5.91 Å². The molecule has 156 valence electrons. The smallest absolute Gasteiger partial charge is 0.267 e. The summed E-state index contributed by atoms with van der Waals surface area (Å²) in [5.41, 5.74) is 1.83. The Labute approximate surface area is 180 Å². The Bertz CT molecular complexity index is 945. The second-order valence-electron chi connectivity index (χ2n) is 7.18. The molecule has 6 nitrogen and oxygen atoms in total. The zero-order valence-electron chi connectivity index (χ0n) is 16.2. The zero-order valence-corrected chi connectivity index (χ0v) is 18.6. The van der Waals surface area contributed by atoms with Gasteiger partial charge in [-0.05, 0) is 55.0 Å². The highest BCUT2D eigenvalue weighted by atomic mass is 32.2. The molecule has 29 heavy (non-hydrogen) atoms. The highest BCUT2D eigenvalue weighted by Gasteiger charge is 2.31. The topological polar surface area (TPSA) is 69.7 Å². The molecule has 0 unspecified atom stereocenters. The Balaban J connectivity index is 1.47. The molecule has 2 aliphatic rings. The minimum Gasteiger partial charge on any atom is -0.372 e. The third-order valence-corrected chi connectivity index (χ3v) is 9.20. The lowest BCUT2D eigenvalue weighted by molar-refractivity contribution is 0.102. The molecule has 1 N–H and O–H groups in total. The molecule has 9 heteroatoms. The van der Waals surface area contributed by atoms with Crippen molar-refractivity contribution in [2.75, 3.05) is 47.9 Å². The average Bonchev–Trinajstić information content (AvgIpc) is 3.27. The van der Waals surface area contributed by atoms with Crippen molar-refractivity contribution in [3.05, 3.63) is 40.6 Å². The molecule has 0 bridgehead atoms. The Morgan fingerprint density at radius 3 is 2.31 bits per heavy atom. The monoisotopic (exact) mass is 451 g/mol. The summed E-state index contributed by atoms with van der Waals surface area (Å²) in [7, 11) is -3.64. The third-order valence-electron chi connectivity index (χ3n) is 5.27. The number of carbonyl (C=O) groups excluding carboxylic acids is 1. The Morgan fingerprint density at radius 2 is 1.62 bits per heavy atom. The van der Waals surface area contributed by atoms with E-state index in [4.69, 9.17) is 0 Å². The summed E-state index contributed by atoms with van der Waals surface area (Å²) in [4.78, 5) is 15.5. The van der Waals surface area contributed by atoms with Crippen LogP contribution >= 0.6 is 23.1 Å². The molecule has 1 aromatic carbocycles. The highest BCUT2D eigenvalue weighted by molar-refractivity contribution is 7.99. The number of anilines is 2. The first kappa shape index (κ1) is 20.7. The van der Waals surface area contributed by atoms with Gasteiger partial charge in [-0.1, -0.05) is 0 Å². The van der Waals surface area contributed by atoms with Gasteiger partial charge < -0.3 is 10.2 Å². The fourth-order valence-electron chi connectivity index (χ4n) is 3.69. The lowest BCUT2D eigenvalue weighted by atomic mass is 10.1. The molecule has 1 amide bonds. The van der Waals surface area contributed by atoms with Crippen molar-refractivity contribution in [3.8, 4) is 0 Å². The molecular formula is C20H25N3O3S3. The van der Waals surface area contributed by atoms with Gasteiger partial charge in [-0.3, -0.25) is 4.79 Å². The lowest BCUT2D eigenvalue weighted by Gasteiger charge is -2.28. The Morgan fingerprint density at radius 1 is 0.931 bits per heavy atom. The van der Waals surface area contributed by atoms with E-state index in [9.17, 15) is 13.2 Å². The van der Waals surface area contributed by atoms with Crippen molar-refractivity contribution < 1.29 is 13.2 Å². The number of nitrogens with zero attached hydrogens (tertiary/aromatic N) is 2. The van der Waals surface area contributed by atoms with E-state index in [1.54, 1.807) is 17.1 Å². The van der Waals surface area contributed by atoms with Crippen LogP contribution in [0.4, 0.5) is 11.4 Å². The van der Waals surface area contributed by atoms with Gasteiger partial charge in [-0.2, -0.15) is 16.1 Å². The van der Waals surface area contributed by atoms with Crippen LogP contribution in [0.2, 0.25) is 0 Å². The molecule has 0 aliphatic carbocycles. The van der Waals surface area contributed by atoms with E-state index in [-0.39, 0.29) is 15.7 Å². The number of amides is 1. The van der Waals surface area contributed by atoms with Crippen molar-refractivity contribution >= 4 is 50.4 Å². The second-order valence-corrected chi connectivity index (χ2v) is 11.2. The predicted molar refractivity (Wildman–Crippen MR) is 121 cm³/mol. The summed E-state index contributed by atoms with van der Waals surface area (Å²) >= 11 is 2.91. The average molecular weight is 452 g/mol. The SMILES string of the molecule is O=C(Nc1ccc(N2CCCCC2)cc1)c1sccc1S(=O)(=O)N1CCSCC1. The van der Waals surface area contributed by atoms with Crippen molar-refractivity contribution in [1.29, 1.82) is 0 Å². The molecule has 4 rings (SSSR count). The van der Waals surface area contributed by atoms with Gasteiger partial charge >= 0.3 is 0 Å². The van der Waals surface area contributed by atoms with Crippen LogP contribution in [-0.2, 0) is 10.0 Å². The number of rotatable bonds is 5. The predicted octanol–water partition coefficient (Wildman–Crippen LogP) is 3.73. The number of sulfonamides is 1. The fraction of sp³-hybridized carbons (Fsp3) is 0.450. The minimum atomic E-state index is -3.64. The van der Waals surface area contributed by atoms with E-state index >= 15 is 0 Å². The van der Waals surface area contributed by atoms with Crippen molar-refractivity contribution in [1.82, 2.24) is 4.31 Å². The summed E-state index contributed by atoms with van der Waals surface area (Å²) in [5, 5.41) is 4.52. The normalized spacial score (nSPS) is 18.6. The molecule has 2 saturated heterocycles. The van der Waals surface area contributed by atoms with Gasteiger partial charge in [-0.25, -0.2) is 8.42 Å². The number of thioether (sulfide) groups is 1. The molecular weight excluding hydrogens is 426 g/mol. The minimum absolute atomic E-state index is 0.108. The summed E-state index contributed by atoms with van der Waals surface area (Å²) in [6.45, 7) is 3.11. The van der Waals surface area contributed by atoms with Crippen LogP contribution in [0.1, 0.15) is 28.9 Å². The Hall–Kier alpha value is -1.55. The Kier molecular flexibility index (Phi) is 6.48. The summed E-state index contributed by atoms with van der Waals surface area (Å²) < 4.78 is 27.4. The molecule has 3 heterocycles. The van der Waals surface area contributed by atoms with E-state index in [1.165, 1.54) is 29.6 Å². The van der Waals surface area contributed by atoms with Gasteiger partial charge in [0.1, 0.15) is 9.77 Å². The standard InChI is InChI=1S/C20H25N3O3S3/c24-20(21-16-4-6-17(7-5-16)22-9-2-1-3-10-22)19-18(8-13-28-19)29(25,26)23-11-14-27-15-12-23/h4-8,13H,1-3,9-12,14-15H2,(H,21,24). The molecule has 0 radical (unpaired) electrons. The quantitative estimate of drug-likeness (QED) is 0.750. The molecule has 2 fully saturated rings. The fourth-order valence-corrected chi connectivity index (χ4v) is 7.56. The second kappa shape index (κ2) is 9.07. The summed E-state index contributed by atoms with van der Waals surface area (Å²) in [6, 6.07) is 9.32. The van der Waals surface area contributed by atoms with Crippen molar-refractivity contribution in [2.24, 2.45) is 0 Å². The van der Waals surface area contributed by atoms with E-state index < -0.39 is 10.0 Å². The van der Waals surface area contributed by atoms with Gasteiger partial charge in [0.2, 0.25) is 10.0 Å². The number of thiophene rings is 1. The number of hydrogen-bond acceptors (Lipinski definition) is 6. The maximum absolute atomic E-state index is 13.0. The van der Waals surface area contributed by atoms with Crippen LogP contribution in [-0.4, -0.2) is 56.3 Å². The van der Waals surface area contributed by atoms with E-state index in [0.717, 1.165) is 41.6 Å². The van der Waals surface area contributed by atoms with Crippen molar-refractivity contribution in [3.63, 3.8) is 0 Å². The van der Waals surface area contributed by atoms with E-state index in [2.05, 4.69) is 10.2 Å².